The fraction of sp³-hybridized carbons (Fsp3) is 0.350. The van der Waals surface area contributed by atoms with E-state index in [2.05, 4.69) is 9.88 Å². The Morgan fingerprint density at radius 3 is 2.52 bits per heavy atom. The maximum Gasteiger partial charge on any atom is 0.209 e. The Kier molecular flexibility index (Phi) is 5.65. The predicted molar refractivity (Wildman–Crippen MR) is 106 cm³/mol. The number of halogens is 4. The van der Waals surface area contributed by atoms with Gasteiger partial charge in [0.2, 0.25) is 10.0 Å². The van der Waals surface area contributed by atoms with Crippen molar-refractivity contribution in [3.63, 3.8) is 0 Å². The minimum atomic E-state index is -3.58. The molecule has 31 heavy (non-hydrogen) atoms. The average Bonchev–Trinajstić information content (AvgIpc) is 3.28. The fourth-order valence-electron chi connectivity index (χ4n) is 3.86. The minimum Gasteiger partial charge on any atom is -0.386 e. The smallest absolute Gasteiger partial charge is 0.209 e. The predicted octanol–water partition coefficient (Wildman–Crippen LogP) is 3.12. The number of rotatable bonds is 4. The average molecular weight is 457 g/mol. The van der Waals surface area contributed by atoms with Gasteiger partial charge < -0.3 is 9.74 Å². The lowest BCUT2D eigenvalue weighted by atomic mass is 9.94. The largest absolute Gasteiger partial charge is 0.386 e. The van der Waals surface area contributed by atoms with Crippen molar-refractivity contribution in [1.82, 2.24) is 9.62 Å². The minimum absolute atomic E-state index is 0.00143. The Morgan fingerprint density at radius 2 is 1.84 bits per heavy atom. The van der Waals surface area contributed by atoms with Crippen LogP contribution in [0.25, 0.3) is 11.1 Å². The number of amidine groups is 1. The Hall–Kier alpha value is -2.66. The van der Waals surface area contributed by atoms with Gasteiger partial charge in [0.25, 0.3) is 0 Å². The summed E-state index contributed by atoms with van der Waals surface area (Å²) in [6.45, 7) is -0.0261. The number of alkyl halides is 1. The molecule has 2 heterocycles. The van der Waals surface area contributed by atoms with Crippen molar-refractivity contribution >= 4 is 15.9 Å². The highest BCUT2D eigenvalue weighted by Crippen LogP contribution is 2.38. The molecule has 0 amide bonds. The van der Waals surface area contributed by atoms with Crippen molar-refractivity contribution in [2.45, 2.75) is 24.7 Å². The van der Waals surface area contributed by atoms with Gasteiger partial charge in [0.15, 0.2) is 6.10 Å². The highest BCUT2D eigenvalue weighted by Gasteiger charge is 2.39. The van der Waals surface area contributed by atoms with E-state index in [9.17, 15) is 26.0 Å². The van der Waals surface area contributed by atoms with Gasteiger partial charge in [-0.1, -0.05) is 17.3 Å². The van der Waals surface area contributed by atoms with Crippen LogP contribution in [0.3, 0.4) is 0 Å². The molecule has 6 nitrogen and oxygen atoms in total. The van der Waals surface area contributed by atoms with Crippen LogP contribution < -0.4 is 4.72 Å². The van der Waals surface area contributed by atoms with Crippen LogP contribution in [0.15, 0.2) is 41.6 Å². The number of hydrogen-bond acceptors (Lipinski definition) is 5. The summed E-state index contributed by atoms with van der Waals surface area (Å²) in [5.74, 6) is -1.99. The maximum absolute atomic E-state index is 14.3. The Bertz CT molecular complexity index is 1120. The second-order valence-corrected chi connectivity index (χ2v) is 9.33. The molecular weight excluding hydrogens is 438 g/mol. The Balaban J connectivity index is 1.57. The van der Waals surface area contributed by atoms with E-state index in [0.29, 0.717) is 11.4 Å². The van der Waals surface area contributed by atoms with Gasteiger partial charge in [-0.05, 0) is 29.8 Å². The molecule has 11 heteroatoms. The van der Waals surface area contributed by atoms with Crippen LogP contribution in [-0.2, 0) is 14.9 Å². The van der Waals surface area contributed by atoms with E-state index in [-0.39, 0.29) is 30.6 Å². The van der Waals surface area contributed by atoms with Gasteiger partial charge in [0.1, 0.15) is 29.5 Å². The van der Waals surface area contributed by atoms with E-state index in [4.69, 9.17) is 4.84 Å². The lowest BCUT2D eigenvalue weighted by Crippen LogP contribution is -2.41. The van der Waals surface area contributed by atoms with Crippen LogP contribution in [0.1, 0.15) is 18.1 Å². The second kappa shape index (κ2) is 8.12. The van der Waals surface area contributed by atoms with E-state index in [1.165, 1.54) is 12.1 Å². The molecule has 0 radical (unpaired) electrons. The molecule has 0 saturated carbocycles. The Labute approximate surface area is 176 Å². The number of nitrogens with one attached hydrogen (secondary N) is 1. The topological polar surface area (TPSA) is 71.0 Å². The van der Waals surface area contributed by atoms with E-state index in [0.717, 1.165) is 30.5 Å². The number of sulfonamides is 1. The van der Waals surface area contributed by atoms with Crippen molar-refractivity contribution in [3.8, 4) is 11.1 Å². The van der Waals surface area contributed by atoms with Crippen LogP contribution in [0, 0.1) is 17.5 Å². The van der Waals surface area contributed by atoms with Crippen molar-refractivity contribution in [1.29, 1.82) is 0 Å². The summed E-state index contributed by atoms with van der Waals surface area (Å²) in [6, 6.07) is 5.98. The van der Waals surface area contributed by atoms with Gasteiger partial charge in [-0.2, -0.15) is 0 Å². The summed E-state index contributed by atoms with van der Waals surface area (Å²) in [5.41, 5.74) is -0.0547. The van der Waals surface area contributed by atoms with Crippen molar-refractivity contribution < 1.29 is 30.8 Å². The molecule has 0 aliphatic carbocycles. The molecule has 1 unspecified atom stereocenters. The molecule has 2 aliphatic heterocycles. The van der Waals surface area contributed by atoms with E-state index in [1.807, 2.05) is 0 Å². The summed E-state index contributed by atoms with van der Waals surface area (Å²) < 4.78 is 81.9. The number of hydrogen-bond donors (Lipinski definition) is 1. The zero-order chi connectivity index (χ0) is 22.3. The lowest BCUT2D eigenvalue weighted by Gasteiger charge is -2.18. The van der Waals surface area contributed by atoms with Crippen molar-refractivity contribution in [3.05, 3.63) is 59.4 Å². The third-order valence-electron chi connectivity index (χ3n) is 5.23. The molecule has 2 aromatic rings. The first-order valence-electron chi connectivity index (χ1n) is 9.45. The normalized spacial score (nSPS) is 23.7. The van der Waals surface area contributed by atoms with Crippen LogP contribution in [0.4, 0.5) is 17.6 Å². The monoisotopic (exact) mass is 457 g/mol. The fourth-order valence-corrected chi connectivity index (χ4v) is 4.63. The highest BCUT2D eigenvalue weighted by atomic mass is 32.2. The molecule has 2 aliphatic rings. The Morgan fingerprint density at radius 1 is 1.13 bits per heavy atom. The first-order valence-corrected chi connectivity index (χ1v) is 11.3. The van der Waals surface area contributed by atoms with Crippen LogP contribution in [0.5, 0.6) is 0 Å². The molecule has 0 aromatic heterocycles. The van der Waals surface area contributed by atoms with Crippen molar-refractivity contribution in [2.24, 2.45) is 5.16 Å². The van der Waals surface area contributed by atoms with E-state index < -0.39 is 45.8 Å². The molecular formula is C20H19F4N3O3S. The van der Waals surface area contributed by atoms with Gasteiger partial charge in [0, 0.05) is 12.1 Å². The number of nitrogens with zero attached hydrogens (tertiary/aromatic N) is 2. The van der Waals surface area contributed by atoms with Crippen LogP contribution in [0.2, 0.25) is 0 Å². The number of likely N-dealkylation sites (tertiary alicyclic amines) is 1. The van der Waals surface area contributed by atoms with Crippen molar-refractivity contribution in [2.75, 3.05) is 19.3 Å². The molecule has 166 valence electrons. The third-order valence-corrected chi connectivity index (χ3v) is 5.96. The lowest BCUT2D eigenvalue weighted by molar-refractivity contribution is 0.0859. The van der Waals surface area contributed by atoms with Crippen LogP contribution >= 0.6 is 0 Å². The quantitative estimate of drug-likeness (QED) is 0.717. The number of oxime groups is 1. The van der Waals surface area contributed by atoms with E-state index >= 15 is 0 Å². The third kappa shape index (κ3) is 4.52. The zero-order valence-electron chi connectivity index (χ0n) is 16.4. The first kappa shape index (κ1) is 21.6. The summed E-state index contributed by atoms with van der Waals surface area (Å²) in [5, 5.41) is 3.96. The molecule has 1 saturated heterocycles. The zero-order valence-corrected chi connectivity index (χ0v) is 17.2. The van der Waals surface area contributed by atoms with E-state index in [1.54, 1.807) is 4.90 Å². The summed E-state index contributed by atoms with van der Waals surface area (Å²) >= 11 is 0. The highest BCUT2D eigenvalue weighted by molar-refractivity contribution is 7.88. The molecule has 3 atom stereocenters. The molecule has 1 N–H and O–H groups in total. The molecule has 0 bridgehead atoms. The molecule has 2 aromatic carbocycles. The van der Waals surface area contributed by atoms with Gasteiger partial charge in [0.05, 0.1) is 30.8 Å². The first-order chi connectivity index (χ1) is 14.6. The SMILES string of the molecule is CS(=O)(=O)N[C@@H]1CN(C2=NOC(c3ccc(F)cc3-c3c(F)cccc3F)C2)C[C@@H]1F. The summed E-state index contributed by atoms with van der Waals surface area (Å²) in [4.78, 5) is 6.99. The van der Waals surface area contributed by atoms with Gasteiger partial charge in [-0.3, -0.25) is 0 Å². The molecule has 1 fully saturated rings. The van der Waals surface area contributed by atoms with Crippen LogP contribution in [-0.4, -0.2) is 50.7 Å². The molecule has 4 rings (SSSR count). The van der Waals surface area contributed by atoms with Gasteiger partial charge >= 0.3 is 0 Å². The molecule has 0 spiro atoms. The van der Waals surface area contributed by atoms with Gasteiger partial charge in [-0.25, -0.2) is 30.7 Å². The maximum atomic E-state index is 14.3. The summed E-state index contributed by atoms with van der Waals surface area (Å²) in [7, 11) is -3.58. The standard InChI is InChI=1S/C20H19F4N3O3S/c1-31(28,29)26-17-10-27(9-16(17)24)19-8-18(30-25-19)12-6-5-11(21)7-13(12)20-14(22)3-2-4-15(20)23/h2-7,16-18,26H,8-10H2,1H3/t16-,17+,18?/m0/s1. The van der Waals surface area contributed by atoms with Gasteiger partial charge in [-0.15, -0.1) is 0 Å². The summed E-state index contributed by atoms with van der Waals surface area (Å²) in [6.07, 6.45) is -1.12. The second-order valence-electron chi connectivity index (χ2n) is 7.55. The number of benzene rings is 2.